The highest BCUT2D eigenvalue weighted by Crippen LogP contribution is 2.35. The molecule has 28 heavy (non-hydrogen) atoms. The Hall–Kier alpha value is -3.23. The summed E-state index contributed by atoms with van der Waals surface area (Å²) in [5, 5.41) is 9.80. The van der Waals surface area contributed by atoms with Gasteiger partial charge in [0, 0.05) is 24.7 Å². The fourth-order valence-corrected chi connectivity index (χ4v) is 3.85. The number of carbonyl (C=O) groups excluding carboxylic acids is 3. The van der Waals surface area contributed by atoms with Crippen LogP contribution in [-0.4, -0.2) is 49.1 Å². The molecule has 4 amide bonds. The zero-order chi connectivity index (χ0) is 19.7. The molecule has 2 fully saturated rings. The van der Waals surface area contributed by atoms with Crippen molar-refractivity contribution in [1.82, 2.24) is 25.0 Å². The van der Waals surface area contributed by atoms with Crippen LogP contribution >= 0.6 is 0 Å². The van der Waals surface area contributed by atoms with Crippen LogP contribution in [0.1, 0.15) is 38.2 Å². The number of anilines is 1. The molecule has 0 radical (unpaired) electrons. The lowest BCUT2D eigenvalue weighted by molar-refractivity contribution is -0.136. The molecule has 0 aromatic carbocycles. The van der Waals surface area contributed by atoms with E-state index < -0.39 is 23.5 Å². The van der Waals surface area contributed by atoms with Crippen molar-refractivity contribution in [2.45, 2.75) is 50.7 Å². The second kappa shape index (κ2) is 7.06. The number of aromatic nitrogens is 3. The average Bonchev–Trinajstić information content (AvgIpc) is 3.38. The number of hydrogen-bond donors (Lipinski definition) is 2. The molecule has 2 aliphatic rings. The van der Waals surface area contributed by atoms with E-state index in [1.165, 1.54) is 0 Å². The molecule has 2 aromatic heterocycles. The second-order valence-electron chi connectivity index (χ2n) is 7.31. The molecule has 9 heteroatoms. The van der Waals surface area contributed by atoms with Crippen molar-refractivity contribution in [1.29, 1.82) is 0 Å². The first-order chi connectivity index (χ1) is 13.5. The third-order valence-corrected chi connectivity index (χ3v) is 5.40. The molecular formula is C19H22N6O3. The molecule has 1 atom stereocenters. The van der Waals surface area contributed by atoms with Gasteiger partial charge >= 0.3 is 6.03 Å². The zero-order valence-corrected chi connectivity index (χ0v) is 15.6. The molecule has 2 N–H and O–H groups in total. The maximum atomic E-state index is 12.8. The second-order valence-corrected chi connectivity index (χ2v) is 7.31. The van der Waals surface area contributed by atoms with E-state index in [1.807, 2.05) is 12.1 Å². The Morgan fingerprint density at radius 2 is 1.96 bits per heavy atom. The number of amides is 4. The standard InChI is InChI=1S/C19H22N6O3/c1-13(25-17(27)19(22-18(25)28)7-2-3-8-19)16(26)21-15-6-11-24(23-15)12-14-4-9-20-10-5-14/h4-6,9-11,13H,2-3,7-8,12H2,1H3,(H,22,28)(H,21,23,26). The van der Waals surface area contributed by atoms with Crippen LogP contribution in [0.2, 0.25) is 0 Å². The van der Waals surface area contributed by atoms with E-state index in [1.54, 1.807) is 36.3 Å². The minimum atomic E-state index is -0.919. The van der Waals surface area contributed by atoms with Crippen molar-refractivity contribution < 1.29 is 14.4 Å². The quantitative estimate of drug-likeness (QED) is 0.762. The lowest BCUT2D eigenvalue weighted by atomic mass is 9.97. The highest BCUT2D eigenvalue weighted by Gasteiger charge is 2.54. The van der Waals surface area contributed by atoms with Gasteiger partial charge in [-0.3, -0.25) is 19.3 Å². The minimum Gasteiger partial charge on any atom is -0.323 e. The Morgan fingerprint density at radius 3 is 2.68 bits per heavy atom. The van der Waals surface area contributed by atoms with Crippen molar-refractivity contribution in [2.24, 2.45) is 0 Å². The predicted molar refractivity (Wildman–Crippen MR) is 100 cm³/mol. The van der Waals surface area contributed by atoms with Crippen LogP contribution in [0.4, 0.5) is 10.6 Å². The Labute approximate surface area is 162 Å². The summed E-state index contributed by atoms with van der Waals surface area (Å²) in [4.78, 5) is 42.8. The van der Waals surface area contributed by atoms with E-state index in [2.05, 4.69) is 20.7 Å². The Kier molecular flexibility index (Phi) is 4.58. The third-order valence-electron chi connectivity index (χ3n) is 5.40. The molecule has 4 rings (SSSR count). The van der Waals surface area contributed by atoms with Crippen molar-refractivity contribution in [3.05, 3.63) is 42.4 Å². The van der Waals surface area contributed by atoms with Gasteiger partial charge in [-0.2, -0.15) is 5.10 Å². The van der Waals surface area contributed by atoms with Crippen LogP contribution in [0.15, 0.2) is 36.8 Å². The van der Waals surface area contributed by atoms with Crippen LogP contribution in [0, 0.1) is 0 Å². The van der Waals surface area contributed by atoms with Gasteiger partial charge in [0.05, 0.1) is 6.54 Å². The first-order valence-electron chi connectivity index (χ1n) is 9.37. The summed E-state index contributed by atoms with van der Waals surface area (Å²) in [6, 6.07) is 4.03. The smallest absolute Gasteiger partial charge is 0.323 e. The monoisotopic (exact) mass is 382 g/mol. The number of rotatable bonds is 5. The number of pyridine rings is 1. The van der Waals surface area contributed by atoms with Gasteiger partial charge in [0.25, 0.3) is 5.91 Å². The Morgan fingerprint density at radius 1 is 1.25 bits per heavy atom. The van der Waals surface area contributed by atoms with Gasteiger partial charge in [-0.15, -0.1) is 0 Å². The third kappa shape index (κ3) is 3.23. The molecule has 3 heterocycles. The van der Waals surface area contributed by atoms with Crippen LogP contribution in [-0.2, 0) is 16.1 Å². The van der Waals surface area contributed by atoms with E-state index in [0.717, 1.165) is 23.3 Å². The van der Waals surface area contributed by atoms with Gasteiger partial charge in [-0.1, -0.05) is 12.8 Å². The van der Waals surface area contributed by atoms with Crippen molar-refractivity contribution in [3.63, 3.8) is 0 Å². The lowest BCUT2D eigenvalue weighted by Crippen LogP contribution is -2.48. The molecule has 1 aliphatic heterocycles. The van der Waals surface area contributed by atoms with Gasteiger partial charge < -0.3 is 10.6 Å². The number of hydrogen-bond acceptors (Lipinski definition) is 5. The highest BCUT2D eigenvalue weighted by molar-refractivity contribution is 6.11. The largest absolute Gasteiger partial charge is 0.325 e. The zero-order valence-electron chi connectivity index (χ0n) is 15.6. The maximum Gasteiger partial charge on any atom is 0.325 e. The molecule has 1 spiro atoms. The molecule has 1 aliphatic carbocycles. The van der Waals surface area contributed by atoms with Gasteiger partial charge in [-0.25, -0.2) is 9.69 Å². The lowest BCUT2D eigenvalue weighted by Gasteiger charge is -2.23. The maximum absolute atomic E-state index is 12.8. The molecule has 2 aromatic rings. The summed E-state index contributed by atoms with van der Waals surface area (Å²) in [7, 11) is 0. The van der Waals surface area contributed by atoms with E-state index in [-0.39, 0.29) is 5.91 Å². The number of nitrogens with one attached hydrogen (secondary N) is 2. The van der Waals surface area contributed by atoms with Crippen molar-refractivity contribution in [3.8, 4) is 0 Å². The van der Waals surface area contributed by atoms with Crippen molar-refractivity contribution >= 4 is 23.7 Å². The van der Waals surface area contributed by atoms with Crippen LogP contribution in [0.25, 0.3) is 0 Å². The van der Waals surface area contributed by atoms with Gasteiger partial charge in [0.1, 0.15) is 11.6 Å². The fraction of sp³-hybridized carbons (Fsp3) is 0.421. The topological polar surface area (TPSA) is 109 Å². The van der Waals surface area contributed by atoms with E-state index in [9.17, 15) is 14.4 Å². The molecule has 1 saturated carbocycles. The van der Waals surface area contributed by atoms with Crippen LogP contribution in [0.3, 0.4) is 0 Å². The fourth-order valence-electron chi connectivity index (χ4n) is 3.85. The summed E-state index contributed by atoms with van der Waals surface area (Å²) in [6.07, 6.45) is 8.22. The highest BCUT2D eigenvalue weighted by atomic mass is 16.2. The van der Waals surface area contributed by atoms with Crippen LogP contribution < -0.4 is 10.6 Å². The molecule has 1 saturated heterocycles. The molecular weight excluding hydrogens is 360 g/mol. The summed E-state index contributed by atoms with van der Waals surface area (Å²) in [5.41, 5.74) is 0.211. The summed E-state index contributed by atoms with van der Waals surface area (Å²) < 4.78 is 1.69. The molecule has 0 bridgehead atoms. The summed E-state index contributed by atoms with van der Waals surface area (Å²) in [6.45, 7) is 2.10. The van der Waals surface area contributed by atoms with Gasteiger partial charge in [-0.05, 0) is 37.5 Å². The SMILES string of the molecule is CC(C(=O)Nc1ccn(Cc2ccncc2)n1)N1C(=O)NC2(CCCC2)C1=O. The summed E-state index contributed by atoms with van der Waals surface area (Å²) >= 11 is 0. The number of imide groups is 1. The Balaban J connectivity index is 1.41. The normalized spacial score (nSPS) is 19.1. The predicted octanol–water partition coefficient (Wildman–Crippen LogP) is 1.52. The van der Waals surface area contributed by atoms with E-state index >= 15 is 0 Å². The van der Waals surface area contributed by atoms with Gasteiger partial charge in [0.2, 0.25) is 5.91 Å². The van der Waals surface area contributed by atoms with E-state index in [4.69, 9.17) is 0 Å². The molecule has 146 valence electrons. The molecule has 9 nitrogen and oxygen atoms in total. The Bertz CT molecular complexity index is 903. The van der Waals surface area contributed by atoms with Gasteiger partial charge in [0.15, 0.2) is 5.82 Å². The minimum absolute atomic E-state index is 0.305. The average molecular weight is 382 g/mol. The number of urea groups is 1. The summed E-state index contributed by atoms with van der Waals surface area (Å²) in [5.74, 6) is -0.387. The van der Waals surface area contributed by atoms with E-state index in [0.29, 0.717) is 25.2 Å². The van der Waals surface area contributed by atoms with Crippen molar-refractivity contribution in [2.75, 3.05) is 5.32 Å². The van der Waals surface area contributed by atoms with Crippen LogP contribution in [0.5, 0.6) is 0 Å². The molecule has 1 unspecified atom stereocenters. The number of nitrogens with zero attached hydrogens (tertiary/aromatic N) is 4. The first kappa shape index (κ1) is 18.1. The first-order valence-corrected chi connectivity index (χ1v) is 9.37. The number of carbonyl (C=O) groups is 3.